The second kappa shape index (κ2) is 8.23. The average molecular weight is 493 g/mol. The van der Waals surface area contributed by atoms with Crippen LogP contribution in [0, 0.1) is 17.8 Å². The Morgan fingerprint density at radius 1 is 0.938 bits per heavy atom. The highest BCUT2D eigenvalue weighted by Crippen LogP contribution is 2.55. The molecule has 4 aliphatic carbocycles. The molecule has 1 N–H and O–H groups in total. The van der Waals surface area contributed by atoms with Crippen LogP contribution in [0.15, 0.2) is 53.4 Å². The molecule has 0 saturated heterocycles. The molecule has 2 aromatic carbocycles. The van der Waals surface area contributed by atoms with Gasteiger partial charge in [0.15, 0.2) is 0 Å². The number of amides is 1. The first kappa shape index (κ1) is 22.1. The zero-order valence-electron chi connectivity index (χ0n) is 17.6. The van der Waals surface area contributed by atoms with Crippen LogP contribution in [0.3, 0.4) is 0 Å². The lowest BCUT2D eigenvalue weighted by Gasteiger charge is -2.57. The van der Waals surface area contributed by atoms with Crippen molar-refractivity contribution in [3.05, 3.63) is 58.6 Å². The summed E-state index contributed by atoms with van der Waals surface area (Å²) in [7, 11) is -4.03. The molecular formula is C24H26Cl2N2O3S. The van der Waals surface area contributed by atoms with E-state index in [1.54, 1.807) is 36.4 Å². The first-order chi connectivity index (χ1) is 15.3. The molecule has 5 nitrogen and oxygen atoms in total. The Morgan fingerprint density at radius 3 is 2.12 bits per heavy atom. The molecule has 4 bridgehead atoms. The molecule has 8 heteroatoms. The smallest absolute Gasteiger partial charge is 0.264 e. The Bertz CT molecular complexity index is 1100. The Labute approximate surface area is 199 Å². The minimum atomic E-state index is -4.03. The maximum Gasteiger partial charge on any atom is 0.264 e. The van der Waals surface area contributed by atoms with E-state index in [1.165, 1.54) is 31.4 Å². The van der Waals surface area contributed by atoms with Crippen molar-refractivity contribution in [2.75, 3.05) is 10.8 Å². The van der Waals surface area contributed by atoms with Crippen LogP contribution < -0.4 is 9.62 Å². The molecule has 4 fully saturated rings. The highest BCUT2D eigenvalue weighted by molar-refractivity contribution is 7.92. The summed E-state index contributed by atoms with van der Waals surface area (Å²) in [6.45, 7) is -0.348. The van der Waals surface area contributed by atoms with E-state index in [0.717, 1.165) is 23.6 Å². The number of nitrogens with one attached hydrogen (secondary N) is 1. The number of sulfonamides is 1. The van der Waals surface area contributed by atoms with Gasteiger partial charge in [0, 0.05) is 5.54 Å². The molecule has 4 aliphatic rings. The van der Waals surface area contributed by atoms with E-state index in [2.05, 4.69) is 5.32 Å². The van der Waals surface area contributed by atoms with Gasteiger partial charge < -0.3 is 5.32 Å². The molecule has 170 valence electrons. The first-order valence-electron chi connectivity index (χ1n) is 11.1. The van der Waals surface area contributed by atoms with E-state index < -0.39 is 10.0 Å². The van der Waals surface area contributed by atoms with Crippen LogP contribution in [0.4, 0.5) is 5.69 Å². The number of nitrogens with zero attached hydrogens (tertiary/aromatic N) is 1. The van der Waals surface area contributed by atoms with E-state index >= 15 is 0 Å². The van der Waals surface area contributed by atoms with Crippen LogP contribution in [0.5, 0.6) is 0 Å². The molecule has 0 spiro atoms. The predicted octanol–water partition coefficient (Wildman–Crippen LogP) is 5.27. The Hall–Kier alpha value is -1.76. The zero-order valence-corrected chi connectivity index (χ0v) is 20.0. The summed E-state index contributed by atoms with van der Waals surface area (Å²) in [4.78, 5) is 13.4. The molecule has 2 aromatic rings. The lowest BCUT2D eigenvalue weighted by atomic mass is 9.53. The highest BCUT2D eigenvalue weighted by atomic mass is 35.5. The molecule has 1 amide bonds. The van der Waals surface area contributed by atoms with Gasteiger partial charge in [-0.2, -0.15) is 0 Å². The van der Waals surface area contributed by atoms with Crippen LogP contribution in [-0.2, 0) is 14.8 Å². The molecule has 0 radical (unpaired) electrons. The fourth-order valence-electron chi connectivity index (χ4n) is 6.43. The number of hydrogen-bond donors (Lipinski definition) is 1. The van der Waals surface area contributed by atoms with Crippen molar-refractivity contribution < 1.29 is 13.2 Å². The average Bonchev–Trinajstić information content (AvgIpc) is 2.73. The number of hydrogen-bond acceptors (Lipinski definition) is 3. The van der Waals surface area contributed by atoms with Crippen LogP contribution in [0.2, 0.25) is 10.0 Å². The van der Waals surface area contributed by atoms with Crippen molar-refractivity contribution in [3.63, 3.8) is 0 Å². The maximum atomic E-state index is 13.5. The largest absolute Gasteiger partial charge is 0.349 e. The van der Waals surface area contributed by atoms with Crippen molar-refractivity contribution in [2.45, 2.75) is 49.0 Å². The summed E-state index contributed by atoms with van der Waals surface area (Å²) in [5.74, 6) is 1.72. The molecule has 0 aliphatic heterocycles. The maximum absolute atomic E-state index is 13.5. The number of anilines is 1. The Kier molecular flexibility index (Phi) is 5.67. The van der Waals surface area contributed by atoms with E-state index in [1.807, 2.05) is 0 Å². The normalized spacial score (nSPS) is 28.5. The molecule has 6 rings (SSSR count). The quantitative estimate of drug-likeness (QED) is 0.596. The van der Waals surface area contributed by atoms with Crippen LogP contribution in [0.1, 0.15) is 38.5 Å². The molecule has 0 heterocycles. The molecule has 32 heavy (non-hydrogen) atoms. The van der Waals surface area contributed by atoms with Gasteiger partial charge in [0.25, 0.3) is 10.0 Å². The Morgan fingerprint density at radius 2 is 1.53 bits per heavy atom. The molecular weight excluding hydrogens is 467 g/mol. The third-order valence-corrected chi connectivity index (χ3v) is 9.84. The van der Waals surface area contributed by atoms with Crippen molar-refractivity contribution >= 4 is 44.8 Å². The minimum absolute atomic E-state index is 0.0960. The van der Waals surface area contributed by atoms with Crippen molar-refractivity contribution in [2.24, 2.45) is 17.8 Å². The first-order valence-corrected chi connectivity index (χ1v) is 13.3. The predicted molar refractivity (Wildman–Crippen MR) is 126 cm³/mol. The lowest BCUT2D eigenvalue weighted by molar-refractivity contribution is -0.125. The fourth-order valence-corrected chi connectivity index (χ4v) is 8.34. The van der Waals surface area contributed by atoms with E-state index in [0.29, 0.717) is 17.8 Å². The second-order valence-electron chi connectivity index (χ2n) is 9.64. The summed E-state index contributed by atoms with van der Waals surface area (Å²) < 4.78 is 28.2. The summed E-state index contributed by atoms with van der Waals surface area (Å²) in [5, 5.41) is 3.60. The van der Waals surface area contributed by atoms with Crippen molar-refractivity contribution in [1.82, 2.24) is 5.32 Å². The fraction of sp³-hybridized carbons (Fsp3) is 0.458. The van der Waals surface area contributed by atoms with Crippen LogP contribution in [-0.4, -0.2) is 26.4 Å². The second-order valence-corrected chi connectivity index (χ2v) is 12.3. The van der Waals surface area contributed by atoms with Gasteiger partial charge >= 0.3 is 0 Å². The van der Waals surface area contributed by atoms with Crippen molar-refractivity contribution in [1.29, 1.82) is 0 Å². The van der Waals surface area contributed by atoms with Crippen LogP contribution in [0.25, 0.3) is 0 Å². The van der Waals surface area contributed by atoms with E-state index in [4.69, 9.17) is 23.2 Å². The summed E-state index contributed by atoms with van der Waals surface area (Å²) in [6.07, 6.45) is 6.78. The van der Waals surface area contributed by atoms with E-state index in [-0.39, 0.29) is 38.6 Å². The third kappa shape index (κ3) is 4.02. The monoisotopic (exact) mass is 492 g/mol. The summed E-state index contributed by atoms with van der Waals surface area (Å²) in [5.41, 5.74) is -0.00439. The van der Waals surface area contributed by atoms with Gasteiger partial charge in [-0.3, -0.25) is 9.10 Å². The molecule has 0 aromatic heterocycles. The molecule has 0 atom stereocenters. The van der Waals surface area contributed by atoms with Gasteiger partial charge in [-0.1, -0.05) is 47.5 Å². The van der Waals surface area contributed by atoms with Gasteiger partial charge in [-0.15, -0.1) is 0 Å². The number of benzene rings is 2. The SMILES string of the molecule is O=C(CN(c1cccc(Cl)c1Cl)S(=O)(=O)c1ccccc1)NC12CC3CC(CC(C3)C1)C2. The topological polar surface area (TPSA) is 66.5 Å². The van der Waals surface area contributed by atoms with Gasteiger partial charge in [-0.05, 0) is 80.5 Å². The molecule has 4 saturated carbocycles. The summed E-state index contributed by atoms with van der Waals surface area (Å²) >= 11 is 12.6. The lowest BCUT2D eigenvalue weighted by Crippen LogP contribution is -2.61. The number of carbonyl (C=O) groups excluding carboxylic acids is 1. The van der Waals surface area contributed by atoms with Gasteiger partial charge in [0.05, 0.1) is 20.6 Å². The van der Waals surface area contributed by atoms with E-state index in [9.17, 15) is 13.2 Å². The highest BCUT2D eigenvalue weighted by Gasteiger charge is 2.51. The zero-order chi connectivity index (χ0) is 22.5. The van der Waals surface area contributed by atoms with Crippen molar-refractivity contribution in [3.8, 4) is 0 Å². The van der Waals surface area contributed by atoms with Gasteiger partial charge in [-0.25, -0.2) is 8.42 Å². The van der Waals surface area contributed by atoms with Gasteiger partial charge in [0.2, 0.25) is 5.91 Å². The number of carbonyl (C=O) groups is 1. The van der Waals surface area contributed by atoms with Gasteiger partial charge in [0.1, 0.15) is 6.54 Å². The standard InChI is InChI=1S/C24H26Cl2N2O3S/c25-20-7-4-8-21(23(20)26)28(32(30,31)19-5-2-1-3-6-19)15-22(29)27-24-12-16-9-17(13-24)11-18(10-16)14-24/h1-8,16-18H,9-15H2,(H,27,29). The minimum Gasteiger partial charge on any atom is -0.349 e. The molecule has 0 unspecified atom stereocenters. The number of rotatable bonds is 6. The summed E-state index contributed by atoms with van der Waals surface area (Å²) in [6, 6.07) is 12.9. The Balaban J connectivity index is 1.45. The van der Waals surface area contributed by atoms with Crippen LogP contribution >= 0.6 is 23.2 Å². The number of halogens is 2. The third-order valence-electron chi connectivity index (χ3n) is 7.26.